The summed E-state index contributed by atoms with van der Waals surface area (Å²) in [6.45, 7) is 0.396. The highest BCUT2D eigenvalue weighted by atomic mass is 32.2. The van der Waals surface area contributed by atoms with E-state index in [1.54, 1.807) is 18.2 Å². The Morgan fingerprint density at radius 2 is 1.72 bits per heavy atom. The van der Waals surface area contributed by atoms with Crippen LogP contribution in [0.1, 0.15) is 76.2 Å². The normalized spacial score (nSPS) is 24.8. The van der Waals surface area contributed by atoms with Crippen molar-refractivity contribution in [1.29, 1.82) is 0 Å². The number of fused-ring (bicyclic) bond motifs is 1. The summed E-state index contributed by atoms with van der Waals surface area (Å²) in [5.74, 6) is 0.474. The van der Waals surface area contributed by atoms with Crippen LogP contribution >= 0.6 is 0 Å². The van der Waals surface area contributed by atoms with Gasteiger partial charge in [0.25, 0.3) is 0 Å². The SMILES string of the molecule is O=C1CCCc2cc(S(=O)(=O)NCC3CCC(C(=O)NC4CCCCC4)CC3)ccc2N1. The summed E-state index contributed by atoms with van der Waals surface area (Å²) in [6.07, 6.45) is 11.1. The quantitative estimate of drug-likeness (QED) is 0.603. The molecule has 1 aliphatic heterocycles. The summed E-state index contributed by atoms with van der Waals surface area (Å²) < 4.78 is 28.5. The van der Waals surface area contributed by atoms with Gasteiger partial charge in [0.2, 0.25) is 21.8 Å². The van der Waals surface area contributed by atoms with E-state index in [1.807, 2.05) is 0 Å². The molecule has 7 nitrogen and oxygen atoms in total. The molecule has 2 saturated carbocycles. The van der Waals surface area contributed by atoms with Gasteiger partial charge in [-0.25, -0.2) is 13.1 Å². The van der Waals surface area contributed by atoms with E-state index in [9.17, 15) is 18.0 Å². The summed E-state index contributed by atoms with van der Waals surface area (Å²) in [5, 5.41) is 6.07. The van der Waals surface area contributed by atoms with Gasteiger partial charge in [-0.05, 0) is 81.0 Å². The maximum absolute atomic E-state index is 12.8. The molecule has 0 bridgehead atoms. The summed E-state index contributed by atoms with van der Waals surface area (Å²) in [4.78, 5) is 24.5. The Balaban J connectivity index is 1.26. The van der Waals surface area contributed by atoms with Crippen molar-refractivity contribution in [2.45, 2.75) is 88.0 Å². The first kappa shape index (κ1) is 23.2. The first-order valence-electron chi connectivity index (χ1n) is 12.1. The Kier molecular flexibility index (Phi) is 7.51. The van der Waals surface area contributed by atoms with Gasteiger partial charge < -0.3 is 10.6 Å². The van der Waals surface area contributed by atoms with Crippen molar-refractivity contribution in [3.05, 3.63) is 23.8 Å². The van der Waals surface area contributed by atoms with E-state index >= 15 is 0 Å². The molecule has 2 aliphatic carbocycles. The van der Waals surface area contributed by atoms with Crippen LogP contribution in [0, 0.1) is 11.8 Å². The molecular weight excluding hydrogens is 426 g/mol. The first-order valence-corrected chi connectivity index (χ1v) is 13.6. The number of amides is 2. The van der Waals surface area contributed by atoms with Crippen LogP contribution in [0.25, 0.3) is 0 Å². The fraction of sp³-hybridized carbons (Fsp3) is 0.667. The van der Waals surface area contributed by atoms with Gasteiger partial charge in [0.15, 0.2) is 0 Å². The second kappa shape index (κ2) is 10.3. The lowest BCUT2D eigenvalue weighted by atomic mass is 9.81. The Labute approximate surface area is 191 Å². The van der Waals surface area contributed by atoms with Crippen LogP contribution in [0.4, 0.5) is 5.69 Å². The number of carbonyl (C=O) groups excluding carboxylic acids is 2. The number of hydrogen-bond acceptors (Lipinski definition) is 4. The second-order valence-electron chi connectivity index (χ2n) is 9.63. The van der Waals surface area contributed by atoms with Gasteiger partial charge in [0.05, 0.1) is 4.90 Å². The second-order valence-corrected chi connectivity index (χ2v) is 11.4. The molecule has 0 atom stereocenters. The van der Waals surface area contributed by atoms with Gasteiger partial charge in [0, 0.05) is 30.6 Å². The van der Waals surface area contributed by atoms with Crippen molar-refractivity contribution >= 4 is 27.5 Å². The van der Waals surface area contributed by atoms with E-state index in [2.05, 4.69) is 15.4 Å². The molecule has 2 fully saturated rings. The maximum atomic E-state index is 12.8. The molecular formula is C24H35N3O4S. The lowest BCUT2D eigenvalue weighted by molar-refractivity contribution is -0.127. The Hall–Kier alpha value is -1.93. The number of nitrogens with one attached hydrogen (secondary N) is 3. The molecule has 3 aliphatic rings. The molecule has 8 heteroatoms. The fourth-order valence-corrected chi connectivity index (χ4v) is 6.39. The Bertz CT molecular complexity index is 933. The van der Waals surface area contributed by atoms with E-state index < -0.39 is 10.0 Å². The predicted octanol–water partition coefficient (Wildman–Crippen LogP) is 3.50. The zero-order valence-corrected chi connectivity index (χ0v) is 19.5. The number of carbonyl (C=O) groups is 2. The smallest absolute Gasteiger partial charge is 0.240 e. The molecule has 0 unspecified atom stereocenters. The van der Waals surface area contributed by atoms with Gasteiger partial charge in [-0.2, -0.15) is 0 Å². The Morgan fingerprint density at radius 1 is 0.969 bits per heavy atom. The largest absolute Gasteiger partial charge is 0.353 e. The maximum Gasteiger partial charge on any atom is 0.240 e. The van der Waals surface area contributed by atoms with Crippen molar-refractivity contribution < 1.29 is 18.0 Å². The number of hydrogen-bond donors (Lipinski definition) is 3. The topological polar surface area (TPSA) is 104 Å². The van der Waals surface area contributed by atoms with Crippen LogP contribution < -0.4 is 15.4 Å². The zero-order valence-electron chi connectivity index (χ0n) is 18.7. The van der Waals surface area contributed by atoms with E-state index in [1.165, 1.54) is 19.3 Å². The predicted molar refractivity (Wildman–Crippen MR) is 124 cm³/mol. The highest BCUT2D eigenvalue weighted by Gasteiger charge is 2.29. The van der Waals surface area contributed by atoms with Gasteiger partial charge in [-0.1, -0.05) is 19.3 Å². The van der Waals surface area contributed by atoms with Crippen LogP contribution in [0.15, 0.2) is 23.1 Å². The average Bonchev–Trinajstić information content (AvgIpc) is 2.98. The highest BCUT2D eigenvalue weighted by Crippen LogP contribution is 2.30. The minimum atomic E-state index is -3.61. The monoisotopic (exact) mass is 461 g/mol. The number of rotatable bonds is 6. The molecule has 0 saturated heterocycles. The lowest BCUT2D eigenvalue weighted by Crippen LogP contribution is -2.41. The van der Waals surface area contributed by atoms with Gasteiger partial charge in [-0.15, -0.1) is 0 Å². The van der Waals surface area contributed by atoms with Crippen LogP contribution in [-0.2, 0) is 26.0 Å². The first-order chi connectivity index (χ1) is 15.4. The lowest BCUT2D eigenvalue weighted by Gasteiger charge is -2.30. The fourth-order valence-electron chi connectivity index (χ4n) is 5.22. The molecule has 1 aromatic rings. The van der Waals surface area contributed by atoms with Crippen molar-refractivity contribution in [3.8, 4) is 0 Å². The van der Waals surface area contributed by atoms with E-state index in [4.69, 9.17) is 0 Å². The minimum Gasteiger partial charge on any atom is -0.353 e. The number of anilines is 1. The third-order valence-electron chi connectivity index (χ3n) is 7.24. The molecule has 4 rings (SSSR count). The van der Waals surface area contributed by atoms with Crippen molar-refractivity contribution in [2.24, 2.45) is 11.8 Å². The summed E-state index contributed by atoms with van der Waals surface area (Å²) in [6, 6.07) is 5.26. The van der Waals surface area contributed by atoms with Crippen LogP contribution in [0.5, 0.6) is 0 Å². The van der Waals surface area contributed by atoms with Crippen LogP contribution in [0.2, 0.25) is 0 Å². The standard InChI is InChI=1S/C24H35N3O4S/c28-23-8-4-5-19-15-21(13-14-22(19)27-23)32(30,31)25-16-17-9-11-18(12-10-17)24(29)26-20-6-2-1-3-7-20/h13-15,17-18,20,25H,1-12,16H2,(H,26,29)(H,27,28). The van der Waals surface area contributed by atoms with Crippen LogP contribution in [0.3, 0.4) is 0 Å². The molecule has 2 amide bonds. The number of benzene rings is 1. The molecule has 1 aromatic carbocycles. The number of aryl methyl sites for hydroxylation is 1. The average molecular weight is 462 g/mol. The molecule has 1 heterocycles. The van der Waals surface area contributed by atoms with Crippen molar-refractivity contribution in [1.82, 2.24) is 10.0 Å². The molecule has 0 radical (unpaired) electrons. The molecule has 176 valence electrons. The number of sulfonamides is 1. The molecule has 0 spiro atoms. The van der Waals surface area contributed by atoms with Gasteiger partial charge in [0.1, 0.15) is 0 Å². The van der Waals surface area contributed by atoms with E-state index in [-0.39, 0.29) is 28.5 Å². The molecule has 0 aromatic heterocycles. The van der Waals surface area contributed by atoms with E-state index in [0.29, 0.717) is 37.5 Å². The van der Waals surface area contributed by atoms with Crippen molar-refractivity contribution in [2.75, 3.05) is 11.9 Å². The van der Waals surface area contributed by atoms with E-state index in [0.717, 1.165) is 44.1 Å². The highest BCUT2D eigenvalue weighted by molar-refractivity contribution is 7.89. The zero-order chi connectivity index (χ0) is 22.6. The third-order valence-corrected chi connectivity index (χ3v) is 8.66. The minimum absolute atomic E-state index is 0.0273. The third kappa shape index (κ3) is 5.90. The molecule has 3 N–H and O–H groups in total. The van der Waals surface area contributed by atoms with Gasteiger partial charge >= 0.3 is 0 Å². The Morgan fingerprint density at radius 3 is 2.47 bits per heavy atom. The van der Waals surface area contributed by atoms with Crippen molar-refractivity contribution in [3.63, 3.8) is 0 Å². The molecule has 32 heavy (non-hydrogen) atoms. The summed E-state index contributed by atoms with van der Waals surface area (Å²) in [5.41, 5.74) is 1.57. The van der Waals surface area contributed by atoms with Crippen LogP contribution in [-0.4, -0.2) is 32.8 Å². The summed E-state index contributed by atoms with van der Waals surface area (Å²) >= 11 is 0. The summed E-state index contributed by atoms with van der Waals surface area (Å²) in [7, 11) is -3.61. The van der Waals surface area contributed by atoms with Gasteiger partial charge in [-0.3, -0.25) is 9.59 Å².